The van der Waals surface area contributed by atoms with Crippen molar-refractivity contribution in [3.8, 4) is 17.2 Å². The van der Waals surface area contributed by atoms with Crippen LogP contribution in [-0.2, 0) is 14.9 Å². The van der Waals surface area contributed by atoms with Gasteiger partial charge in [-0.3, -0.25) is 4.79 Å². The van der Waals surface area contributed by atoms with E-state index in [1.54, 1.807) is 7.11 Å². The summed E-state index contributed by atoms with van der Waals surface area (Å²) in [4.78, 5) is 13.9. The number of ether oxygens (including phenoxy) is 3. The Balaban J connectivity index is 2.06. The lowest BCUT2D eigenvalue weighted by Gasteiger charge is -2.40. The summed E-state index contributed by atoms with van der Waals surface area (Å²) in [7, 11) is 1.62. The summed E-state index contributed by atoms with van der Waals surface area (Å²) in [6, 6.07) is 22.8. The van der Waals surface area contributed by atoms with Gasteiger partial charge in [-0.25, -0.2) is 0 Å². The highest BCUT2D eigenvalue weighted by Gasteiger charge is 2.52. The molecular weight excluding hydrogens is 364 g/mol. The Labute approximate surface area is 171 Å². The first-order valence-corrected chi connectivity index (χ1v) is 9.61. The molecule has 0 bridgehead atoms. The maximum atomic E-state index is 13.9. The minimum Gasteiger partial charge on any atom is -0.497 e. The van der Waals surface area contributed by atoms with Crippen LogP contribution in [0.3, 0.4) is 0 Å². The Hall–Kier alpha value is -3.27. The average Bonchev–Trinajstić information content (AvgIpc) is 2.71. The van der Waals surface area contributed by atoms with E-state index in [2.05, 4.69) is 0 Å². The van der Waals surface area contributed by atoms with Crippen LogP contribution in [0.25, 0.3) is 0 Å². The first-order chi connectivity index (χ1) is 13.9. The third-order valence-corrected chi connectivity index (χ3v) is 5.03. The molecule has 0 unspecified atom stereocenters. The Morgan fingerprint density at radius 1 is 0.828 bits per heavy atom. The fraction of sp³-hybridized carbons (Fsp3) is 0.240. The Kier molecular flexibility index (Phi) is 4.58. The molecule has 3 aromatic rings. The molecule has 0 radical (unpaired) electrons. The quantitative estimate of drug-likeness (QED) is 0.558. The molecule has 0 N–H and O–H groups in total. The van der Waals surface area contributed by atoms with Gasteiger partial charge in [0, 0.05) is 11.1 Å². The van der Waals surface area contributed by atoms with E-state index < -0.39 is 11.0 Å². The van der Waals surface area contributed by atoms with Crippen molar-refractivity contribution in [3.05, 3.63) is 89.5 Å². The van der Waals surface area contributed by atoms with Gasteiger partial charge in [-0.2, -0.15) is 0 Å². The molecular formula is C25H24O4. The molecule has 4 rings (SSSR count). The monoisotopic (exact) mass is 388 g/mol. The van der Waals surface area contributed by atoms with Crippen LogP contribution >= 0.6 is 0 Å². The number of para-hydroxylation sites is 2. The third-order valence-electron chi connectivity index (χ3n) is 5.03. The Morgan fingerprint density at radius 3 is 1.83 bits per heavy atom. The van der Waals surface area contributed by atoms with Crippen LogP contribution in [0.2, 0.25) is 0 Å². The maximum Gasteiger partial charge on any atom is 0.326 e. The van der Waals surface area contributed by atoms with Crippen molar-refractivity contribution >= 4 is 5.97 Å². The number of benzene rings is 3. The van der Waals surface area contributed by atoms with E-state index in [1.807, 2.05) is 93.6 Å². The number of hydrogen-bond acceptors (Lipinski definition) is 4. The SMILES string of the molecule is COc1ccc(C2(C(=O)OC(C)(C)C)c3ccccc3Oc3ccccc32)cc1. The lowest BCUT2D eigenvalue weighted by molar-refractivity contribution is -0.159. The number of fused-ring (bicyclic) bond motifs is 2. The molecule has 148 valence electrons. The minimum atomic E-state index is -1.15. The van der Waals surface area contributed by atoms with E-state index in [9.17, 15) is 4.79 Å². The van der Waals surface area contributed by atoms with E-state index in [0.29, 0.717) is 11.5 Å². The fourth-order valence-corrected chi connectivity index (χ4v) is 3.84. The zero-order valence-electron chi connectivity index (χ0n) is 17.1. The second kappa shape index (κ2) is 6.96. The molecule has 4 nitrogen and oxygen atoms in total. The predicted molar refractivity (Wildman–Crippen MR) is 112 cm³/mol. The van der Waals surface area contributed by atoms with Crippen molar-refractivity contribution in [1.29, 1.82) is 0 Å². The first kappa shape index (κ1) is 19.1. The molecule has 1 aliphatic heterocycles. The lowest BCUT2D eigenvalue weighted by Crippen LogP contribution is -2.44. The highest BCUT2D eigenvalue weighted by Crippen LogP contribution is 2.52. The van der Waals surface area contributed by atoms with Crippen molar-refractivity contribution in [1.82, 2.24) is 0 Å². The molecule has 1 heterocycles. The van der Waals surface area contributed by atoms with Crippen molar-refractivity contribution in [3.63, 3.8) is 0 Å². The van der Waals surface area contributed by atoms with Gasteiger partial charge >= 0.3 is 5.97 Å². The van der Waals surface area contributed by atoms with E-state index in [1.165, 1.54) is 0 Å². The van der Waals surface area contributed by atoms with Crippen LogP contribution in [0.5, 0.6) is 17.2 Å². The minimum absolute atomic E-state index is 0.335. The van der Waals surface area contributed by atoms with E-state index >= 15 is 0 Å². The highest BCUT2D eigenvalue weighted by atomic mass is 16.6. The summed E-state index contributed by atoms with van der Waals surface area (Å²) in [5.41, 5.74) is 0.538. The summed E-state index contributed by atoms with van der Waals surface area (Å²) < 4.78 is 17.5. The standard InChI is InChI=1S/C25H24O4/c1-24(2,3)29-23(26)25(17-13-15-18(27-4)16-14-17)19-9-5-7-11-21(19)28-22-12-8-6-10-20(22)25/h5-16H,1-4H3. The van der Waals surface area contributed by atoms with Gasteiger partial charge < -0.3 is 14.2 Å². The fourth-order valence-electron chi connectivity index (χ4n) is 3.84. The molecule has 4 heteroatoms. The molecule has 0 saturated carbocycles. The second-order valence-electron chi connectivity index (χ2n) is 8.07. The zero-order chi connectivity index (χ0) is 20.6. The van der Waals surface area contributed by atoms with Gasteiger partial charge in [-0.05, 0) is 50.6 Å². The summed E-state index contributed by atoms with van der Waals surface area (Å²) in [5.74, 6) is 1.68. The summed E-state index contributed by atoms with van der Waals surface area (Å²) >= 11 is 0. The van der Waals surface area contributed by atoms with Crippen LogP contribution in [0, 0.1) is 0 Å². The second-order valence-corrected chi connectivity index (χ2v) is 8.07. The van der Waals surface area contributed by atoms with Gasteiger partial charge in [0.15, 0.2) is 0 Å². The molecule has 0 saturated heterocycles. The topological polar surface area (TPSA) is 44.8 Å². The summed E-state index contributed by atoms with van der Waals surface area (Å²) in [6.07, 6.45) is 0. The van der Waals surface area contributed by atoms with Gasteiger partial charge in [-0.1, -0.05) is 48.5 Å². The van der Waals surface area contributed by atoms with Crippen molar-refractivity contribution in [2.75, 3.05) is 7.11 Å². The number of carbonyl (C=O) groups excluding carboxylic acids is 1. The van der Waals surface area contributed by atoms with Crippen molar-refractivity contribution in [2.24, 2.45) is 0 Å². The van der Waals surface area contributed by atoms with Gasteiger partial charge in [0.1, 0.15) is 28.3 Å². The molecule has 0 atom stereocenters. The van der Waals surface area contributed by atoms with Gasteiger partial charge in [0.05, 0.1) is 7.11 Å². The molecule has 0 aromatic heterocycles. The number of rotatable bonds is 3. The van der Waals surface area contributed by atoms with Crippen molar-refractivity contribution in [2.45, 2.75) is 31.8 Å². The van der Waals surface area contributed by atoms with Crippen molar-refractivity contribution < 1.29 is 19.0 Å². The third kappa shape index (κ3) is 3.15. The summed E-state index contributed by atoms with van der Waals surface area (Å²) in [6.45, 7) is 5.64. The number of methoxy groups -OCH3 is 1. The van der Waals surface area contributed by atoms with E-state index in [-0.39, 0.29) is 5.97 Å². The van der Waals surface area contributed by atoms with Gasteiger partial charge in [0.25, 0.3) is 0 Å². The van der Waals surface area contributed by atoms with Crippen LogP contribution in [-0.4, -0.2) is 18.7 Å². The molecule has 1 aliphatic rings. The Morgan fingerprint density at radius 2 is 1.34 bits per heavy atom. The van der Waals surface area contributed by atoms with Gasteiger partial charge in [-0.15, -0.1) is 0 Å². The molecule has 0 aliphatic carbocycles. The number of esters is 1. The highest BCUT2D eigenvalue weighted by molar-refractivity contribution is 5.95. The molecule has 29 heavy (non-hydrogen) atoms. The van der Waals surface area contributed by atoms with Crippen LogP contribution in [0.15, 0.2) is 72.8 Å². The van der Waals surface area contributed by atoms with Crippen LogP contribution in [0.4, 0.5) is 0 Å². The Bertz CT molecular complexity index is 999. The van der Waals surface area contributed by atoms with Crippen LogP contribution < -0.4 is 9.47 Å². The number of carbonyl (C=O) groups is 1. The predicted octanol–water partition coefficient (Wildman–Crippen LogP) is 5.48. The number of hydrogen-bond donors (Lipinski definition) is 0. The average molecular weight is 388 g/mol. The smallest absolute Gasteiger partial charge is 0.326 e. The van der Waals surface area contributed by atoms with E-state index in [4.69, 9.17) is 14.2 Å². The normalized spacial score (nSPS) is 14.2. The first-order valence-electron chi connectivity index (χ1n) is 9.61. The maximum absolute atomic E-state index is 13.9. The lowest BCUT2D eigenvalue weighted by atomic mass is 9.67. The van der Waals surface area contributed by atoms with Gasteiger partial charge in [0.2, 0.25) is 0 Å². The molecule has 0 fully saturated rings. The van der Waals surface area contributed by atoms with E-state index in [0.717, 1.165) is 22.4 Å². The zero-order valence-corrected chi connectivity index (χ0v) is 17.1. The largest absolute Gasteiger partial charge is 0.497 e. The molecule has 0 spiro atoms. The summed E-state index contributed by atoms with van der Waals surface area (Å²) in [5, 5.41) is 0. The van der Waals surface area contributed by atoms with Crippen LogP contribution in [0.1, 0.15) is 37.5 Å². The molecule has 3 aromatic carbocycles. The molecule has 0 amide bonds.